The molecule has 1 N–H and O–H groups in total. The van der Waals surface area contributed by atoms with E-state index < -0.39 is 0 Å². The summed E-state index contributed by atoms with van der Waals surface area (Å²) in [5.74, 6) is 1.38. The molecule has 1 saturated heterocycles. The minimum absolute atomic E-state index is 0.103. The number of carbonyl (C=O) groups is 1. The lowest BCUT2D eigenvalue weighted by Crippen LogP contribution is -2.51. The molecule has 1 aromatic heterocycles. The molecule has 5 heteroatoms. The summed E-state index contributed by atoms with van der Waals surface area (Å²) in [4.78, 5) is 19.9. The average molecular weight is 325 g/mol. The Bertz CT molecular complexity index is 786. The van der Waals surface area contributed by atoms with Gasteiger partial charge in [0, 0.05) is 42.7 Å². The second-order valence-corrected chi connectivity index (χ2v) is 6.86. The predicted molar refractivity (Wildman–Crippen MR) is 93.6 cm³/mol. The van der Waals surface area contributed by atoms with E-state index in [4.69, 9.17) is 9.72 Å². The summed E-state index contributed by atoms with van der Waals surface area (Å²) in [6.07, 6.45) is 2.35. The van der Waals surface area contributed by atoms with Gasteiger partial charge in [0.15, 0.2) is 0 Å². The van der Waals surface area contributed by atoms with Crippen molar-refractivity contribution in [1.29, 1.82) is 0 Å². The normalized spacial score (nSPS) is 21.1. The minimum atomic E-state index is 0.103. The SMILES string of the molecule is COc1ccc2nc(C3CC3)cc(C(=O)N3CCN[C@H](C)C3)c2c1. The maximum absolute atomic E-state index is 13.2. The monoisotopic (exact) mass is 325 g/mol. The zero-order chi connectivity index (χ0) is 16.7. The van der Waals surface area contributed by atoms with E-state index in [0.717, 1.165) is 47.5 Å². The first kappa shape index (κ1) is 15.4. The van der Waals surface area contributed by atoms with Crippen molar-refractivity contribution in [3.8, 4) is 5.75 Å². The van der Waals surface area contributed by atoms with E-state index in [2.05, 4.69) is 12.2 Å². The van der Waals surface area contributed by atoms with E-state index in [9.17, 15) is 4.79 Å². The van der Waals surface area contributed by atoms with E-state index in [1.54, 1.807) is 7.11 Å². The summed E-state index contributed by atoms with van der Waals surface area (Å²) in [7, 11) is 1.65. The van der Waals surface area contributed by atoms with Crippen LogP contribution >= 0.6 is 0 Å². The largest absolute Gasteiger partial charge is 0.497 e. The van der Waals surface area contributed by atoms with Gasteiger partial charge in [0.1, 0.15) is 5.75 Å². The quantitative estimate of drug-likeness (QED) is 0.942. The number of methoxy groups -OCH3 is 1. The van der Waals surface area contributed by atoms with Crippen molar-refractivity contribution in [2.75, 3.05) is 26.7 Å². The molecule has 1 saturated carbocycles. The topological polar surface area (TPSA) is 54.5 Å². The van der Waals surface area contributed by atoms with Crippen molar-refractivity contribution >= 4 is 16.8 Å². The standard InChI is InChI=1S/C19H23N3O2/c1-12-11-22(8-7-20-12)19(23)16-10-18(13-3-4-13)21-17-6-5-14(24-2)9-15(16)17/h5-6,9-10,12-13,20H,3-4,7-8,11H2,1-2H3/t12-/m1/s1. The van der Waals surface area contributed by atoms with Crippen LogP contribution in [0.5, 0.6) is 5.75 Å². The highest BCUT2D eigenvalue weighted by atomic mass is 16.5. The number of hydrogen-bond acceptors (Lipinski definition) is 4. The van der Waals surface area contributed by atoms with Crippen molar-refractivity contribution in [3.05, 3.63) is 35.5 Å². The van der Waals surface area contributed by atoms with E-state index in [-0.39, 0.29) is 5.91 Å². The van der Waals surface area contributed by atoms with Crippen LogP contribution in [0.1, 0.15) is 41.7 Å². The van der Waals surface area contributed by atoms with Gasteiger partial charge < -0.3 is 15.0 Å². The molecule has 2 fully saturated rings. The van der Waals surface area contributed by atoms with Crippen molar-refractivity contribution in [2.24, 2.45) is 0 Å². The molecule has 5 nitrogen and oxygen atoms in total. The van der Waals surface area contributed by atoms with Crippen molar-refractivity contribution in [2.45, 2.75) is 31.7 Å². The van der Waals surface area contributed by atoms with Crippen molar-refractivity contribution < 1.29 is 9.53 Å². The highest BCUT2D eigenvalue weighted by Gasteiger charge is 2.29. The van der Waals surface area contributed by atoms with Crippen LogP contribution in [0, 0.1) is 0 Å². The van der Waals surface area contributed by atoms with Gasteiger partial charge in [-0.3, -0.25) is 9.78 Å². The second-order valence-electron chi connectivity index (χ2n) is 6.86. The fourth-order valence-corrected chi connectivity index (χ4v) is 3.40. The first-order valence-electron chi connectivity index (χ1n) is 8.67. The van der Waals surface area contributed by atoms with Crippen LogP contribution in [0.15, 0.2) is 24.3 Å². The number of piperazine rings is 1. The molecule has 4 rings (SSSR count). The van der Waals surface area contributed by atoms with Crippen LogP contribution in [0.3, 0.4) is 0 Å². The Morgan fingerprint density at radius 1 is 1.33 bits per heavy atom. The van der Waals surface area contributed by atoms with E-state index in [1.807, 2.05) is 29.2 Å². The van der Waals surface area contributed by atoms with Gasteiger partial charge in [-0.15, -0.1) is 0 Å². The molecule has 0 spiro atoms. The number of nitrogens with one attached hydrogen (secondary N) is 1. The smallest absolute Gasteiger partial charge is 0.254 e. The zero-order valence-electron chi connectivity index (χ0n) is 14.2. The molecule has 0 bridgehead atoms. The number of ether oxygens (including phenoxy) is 1. The van der Waals surface area contributed by atoms with Gasteiger partial charge in [-0.05, 0) is 44.0 Å². The van der Waals surface area contributed by atoms with Crippen LogP contribution in [-0.2, 0) is 0 Å². The number of aromatic nitrogens is 1. The van der Waals surface area contributed by atoms with Crippen molar-refractivity contribution in [1.82, 2.24) is 15.2 Å². The maximum atomic E-state index is 13.2. The first-order valence-corrected chi connectivity index (χ1v) is 8.67. The Hall–Kier alpha value is -2.14. The van der Waals surface area contributed by atoms with Gasteiger partial charge in [-0.25, -0.2) is 0 Å². The maximum Gasteiger partial charge on any atom is 0.254 e. The van der Waals surface area contributed by atoms with Gasteiger partial charge >= 0.3 is 0 Å². The Morgan fingerprint density at radius 3 is 2.88 bits per heavy atom. The molecular formula is C19H23N3O2. The molecule has 1 aliphatic carbocycles. The molecule has 0 unspecified atom stereocenters. The molecule has 1 amide bonds. The van der Waals surface area contributed by atoms with Crippen LogP contribution < -0.4 is 10.1 Å². The minimum Gasteiger partial charge on any atom is -0.497 e. The van der Waals surface area contributed by atoms with E-state index >= 15 is 0 Å². The highest BCUT2D eigenvalue weighted by Crippen LogP contribution is 2.40. The lowest BCUT2D eigenvalue weighted by Gasteiger charge is -2.32. The van der Waals surface area contributed by atoms with Crippen LogP contribution in [0.25, 0.3) is 10.9 Å². The molecule has 24 heavy (non-hydrogen) atoms. The number of nitrogens with zero attached hydrogens (tertiary/aromatic N) is 2. The fraction of sp³-hybridized carbons (Fsp3) is 0.474. The Kier molecular flexibility index (Phi) is 3.88. The van der Waals surface area contributed by atoms with Gasteiger partial charge in [-0.1, -0.05) is 0 Å². The number of pyridine rings is 1. The molecule has 0 radical (unpaired) electrons. The number of benzene rings is 1. The zero-order valence-corrected chi connectivity index (χ0v) is 14.2. The van der Waals surface area contributed by atoms with E-state index in [0.29, 0.717) is 12.0 Å². The number of amides is 1. The predicted octanol–water partition coefficient (Wildman–Crippen LogP) is 2.55. The Labute approximate surface area is 142 Å². The molecule has 2 aliphatic rings. The fourth-order valence-electron chi connectivity index (χ4n) is 3.40. The average Bonchev–Trinajstić information content (AvgIpc) is 3.45. The summed E-state index contributed by atoms with van der Waals surface area (Å²) in [5, 5.41) is 4.27. The van der Waals surface area contributed by atoms with Gasteiger partial charge in [0.25, 0.3) is 5.91 Å². The third kappa shape index (κ3) is 2.84. The Morgan fingerprint density at radius 2 is 2.17 bits per heavy atom. The molecular weight excluding hydrogens is 302 g/mol. The summed E-state index contributed by atoms with van der Waals surface area (Å²) in [6, 6.07) is 8.13. The highest BCUT2D eigenvalue weighted by molar-refractivity contribution is 6.06. The van der Waals surface area contributed by atoms with Gasteiger partial charge in [0.05, 0.1) is 18.2 Å². The lowest BCUT2D eigenvalue weighted by molar-refractivity contribution is 0.0711. The summed E-state index contributed by atoms with van der Waals surface area (Å²) in [6.45, 7) is 4.44. The van der Waals surface area contributed by atoms with Gasteiger partial charge in [0.2, 0.25) is 0 Å². The Balaban J connectivity index is 1.80. The number of carbonyl (C=O) groups excluding carboxylic acids is 1. The molecule has 1 aliphatic heterocycles. The molecule has 1 atom stereocenters. The third-order valence-electron chi connectivity index (χ3n) is 4.92. The number of hydrogen-bond donors (Lipinski definition) is 1. The summed E-state index contributed by atoms with van der Waals surface area (Å²) < 4.78 is 5.35. The van der Waals surface area contributed by atoms with Crippen molar-refractivity contribution in [3.63, 3.8) is 0 Å². The lowest BCUT2D eigenvalue weighted by atomic mass is 10.0. The summed E-state index contributed by atoms with van der Waals surface area (Å²) >= 11 is 0. The second kappa shape index (κ2) is 6.06. The van der Waals surface area contributed by atoms with Crippen LogP contribution in [0.2, 0.25) is 0 Å². The molecule has 1 aromatic carbocycles. The number of rotatable bonds is 3. The summed E-state index contributed by atoms with van der Waals surface area (Å²) in [5.41, 5.74) is 2.70. The van der Waals surface area contributed by atoms with Crippen LogP contribution in [-0.4, -0.2) is 48.6 Å². The third-order valence-corrected chi connectivity index (χ3v) is 4.92. The molecule has 126 valence electrons. The first-order chi connectivity index (χ1) is 11.7. The molecule has 2 heterocycles. The van der Waals surface area contributed by atoms with Crippen LogP contribution in [0.4, 0.5) is 0 Å². The number of fused-ring (bicyclic) bond motifs is 1. The van der Waals surface area contributed by atoms with E-state index in [1.165, 1.54) is 12.8 Å². The molecule has 2 aromatic rings. The van der Waals surface area contributed by atoms with Gasteiger partial charge in [-0.2, -0.15) is 0 Å².